The molecule has 0 atom stereocenters. The zero-order valence-electron chi connectivity index (χ0n) is 9.16. The quantitative estimate of drug-likeness (QED) is 0.733. The Morgan fingerprint density at radius 2 is 2.07 bits per heavy atom. The molecular weight excluding hydrogens is 208 g/mol. The highest BCUT2D eigenvalue weighted by Crippen LogP contribution is 2.23. The zero-order chi connectivity index (χ0) is 11.1. The van der Waals surface area contributed by atoms with Crippen molar-refractivity contribution in [2.75, 3.05) is 20.0 Å². The summed E-state index contributed by atoms with van der Waals surface area (Å²) >= 11 is 1.58. The van der Waals surface area contributed by atoms with E-state index in [-0.39, 0.29) is 0 Å². The van der Waals surface area contributed by atoms with Gasteiger partial charge in [0, 0.05) is 5.75 Å². The number of thioether (sulfide) groups is 1. The lowest BCUT2D eigenvalue weighted by Crippen LogP contribution is -1.89. The maximum atomic E-state index is 5.21. The highest BCUT2D eigenvalue weighted by molar-refractivity contribution is 8.03. The van der Waals surface area contributed by atoms with Crippen molar-refractivity contribution < 1.29 is 9.47 Å². The number of hydrogen-bond donors (Lipinski definition) is 0. The van der Waals surface area contributed by atoms with E-state index in [4.69, 9.17) is 9.47 Å². The number of methoxy groups -OCH3 is 2. The SMILES string of the molecule is CCSC#Cc1cc(OC)ccc1OC. The van der Waals surface area contributed by atoms with E-state index < -0.39 is 0 Å². The molecule has 80 valence electrons. The monoisotopic (exact) mass is 222 g/mol. The lowest BCUT2D eigenvalue weighted by atomic mass is 10.2. The van der Waals surface area contributed by atoms with Gasteiger partial charge in [0.05, 0.1) is 19.8 Å². The summed E-state index contributed by atoms with van der Waals surface area (Å²) in [7, 11) is 3.28. The molecule has 0 bridgehead atoms. The Kier molecular flexibility index (Phi) is 4.92. The number of hydrogen-bond acceptors (Lipinski definition) is 3. The Balaban J connectivity index is 2.97. The van der Waals surface area contributed by atoms with Crippen LogP contribution in [0.1, 0.15) is 12.5 Å². The third kappa shape index (κ3) is 3.41. The van der Waals surface area contributed by atoms with Crippen LogP contribution in [0.5, 0.6) is 11.5 Å². The minimum atomic E-state index is 0.778. The first-order valence-electron chi connectivity index (χ1n) is 4.66. The van der Waals surface area contributed by atoms with Gasteiger partial charge in [-0.2, -0.15) is 0 Å². The summed E-state index contributed by atoms with van der Waals surface area (Å²) in [6.45, 7) is 2.07. The molecule has 15 heavy (non-hydrogen) atoms. The van der Waals surface area contributed by atoms with E-state index in [9.17, 15) is 0 Å². The summed E-state index contributed by atoms with van der Waals surface area (Å²) < 4.78 is 10.3. The summed E-state index contributed by atoms with van der Waals surface area (Å²) in [6, 6.07) is 5.60. The molecular formula is C12H14O2S. The van der Waals surface area contributed by atoms with E-state index in [1.807, 2.05) is 18.2 Å². The van der Waals surface area contributed by atoms with E-state index in [0.717, 1.165) is 22.8 Å². The second kappa shape index (κ2) is 6.26. The fraction of sp³-hybridized carbons (Fsp3) is 0.333. The summed E-state index contributed by atoms with van der Waals surface area (Å²) in [5.74, 6) is 5.60. The molecule has 0 spiro atoms. The third-order valence-electron chi connectivity index (χ3n) is 1.81. The summed E-state index contributed by atoms with van der Waals surface area (Å²) in [5.41, 5.74) is 0.859. The molecule has 0 saturated carbocycles. The molecule has 0 amide bonds. The van der Waals surface area contributed by atoms with Crippen molar-refractivity contribution in [2.45, 2.75) is 6.92 Å². The maximum absolute atomic E-state index is 5.21. The van der Waals surface area contributed by atoms with Gasteiger partial charge in [0.2, 0.25) is 0 Å². The van der Waals surface area contributed by atoms with Gasteiger partial charge in [-0.25, -0.2) is 0 Å². The number of ether oxygens (including phenoxy) is 2. The fourth-order valence-corrected chi connectivity index (χ4v) is 1.40. The topological polar surface area (TPSA) is 18.5 Å². The first-order valence-corrected chi connectivity index (χ1v) is 5.65. The largest absolute Gasteiger partial charge is 0.497 e. The van der Waals surface area contributed by atoms with Crippen molar-refractivity contribution in [2.24, 2.45) is 0 Å². The highest BCUT2D eigenvalue weighted by atomic mass is 32.2. The van der Waals surface area contributed by atoms with Gasteiger partial charge in [-0.3, -0.25) is 0 Å². The van der Waals surface area contributed by atoms with Crippen LogP contribution in [0, 0.1) is 11.2 Å². The zero-order valence-corrected chi connectivity index (χ0v) is 9.98. The lowest BCUT2D eigenvalue weighted by molar-refractivity contribution is 0.402. The smallest absolute Gasteiger partial charge is 0.134 e. The van der Waals surface area contributed by atoms with Crippen LogP contribution >= 0.6 is 11.8 Å². The van der Waals surface area contributed by atoms with Gasteiger partial charge in [-0.05, 0) is 23.5 Å². The standard InChI is InChI=1S/C12H14O2S/c1-4-15-8-7-10-9-11(13-2)5-6-12(10)14-3/h5-6,9H,4H2,1-3H3. The lowest BCUT2D eigenvalue weighted by Gasteiger charge is -2.05. The maximum Gasteiger partial charge on any atom is 0.134 e. The van der Waals surface area contributed by atoms with Crippen molar-refractivity contribution in [1.82, 2.24) is 0 Å². The fourth-order valence-electron chi connectivity index (χ4n) is 1.07. The van der Waals surface area contributed by atoms with Crippen molar-refractivity contribution in [3.63, 3.8) is 0 Å². The first kappa shape index (κ1) is 11.8. The second-order valence-corrected chi connectivity index (χ2v) is 3.80. The van der Waals surface area contributed by atoms with Crippen molar-refractivity contribution in [3.8, 4) is 22.7 Å². The van der Waals surface area contributed by atoms with E-state index in [1.165, 1.54) is 0 Å². The molecule has 0 radical (unpaired) electrons. The van der Waals surface area contributed by atoms with Crippen molar-refractivity contribution in [3.05, 3.63) is 23.8 Å². The Morgan fingerprint density at radius 3 is 2.67 bits per heavy atom. The summed E-state index contributed by atoms with van der Waals surface area (Å²) in [5, 5.41) is 3.01. The average Bonchev–Trinajstić information content (AvgIpc) is 2.29. The molecule has 0 aliphatic carbocycles. The van der Waals surface area contributed by atoms with E-state index in [1.54, 1.807) is 26.0 Å². The highest BCUT2D eigenvalue weighted by Gasteiger charge is 2.01. The van der Waals surface area contributed by atoms with Crippen LogP contribution in [-0.4, -0.2) is 20.0 Å². The van der Waals surface area contributed by atoms with Crippen LogP contribution in [0.25, 0.3) is 0 Å². The minimum absolute atomic E-state index is 0.778. The number of benzene rings is 1. The predicted octanol–water partition coefficient (Wildman–Crippen LogP) is 2.77. The predicted molar refractivity (Wildman–Crippen MR) is 64.6 cm³/mol. The van der Waals surface area contributed by atoms with E-state index >= 15 is 0 Å². The number of rotatable bonds is 3. The summed E-state index contributed by atoms with van der Waals surface area (Å²) in [6.07, 6.45) is 0. The van der Waals surface area contributed by atoms with Gasteiger partial charge in [0.15, 0.2) is 0 Å². The Hall–Kier alpha value is -1.27. The molecule has 2 nitrogen and oxygen atoms in total. The van der Waals surface area contributed by atoms with Crippen LogP contribution in [0.2, 0.25) is 0 Å². The van der Waals surface area contributed by atoms with Crippen LogP contribution < -0.4 is 9.47 Å². The Bertz CT molecular complexity index is 377. The molecule has 1 aromatic carbocycles. The average molecular weight is 222 g/mol. The van der Waals surface area contributed by atoms with Crippen LogP contribution in [0.4, 0.5) is 0 Å². The molecule has 3 heteroatoms. The molecule has 0 fully saturated rings. The van der Waals surface area contributed by atoms with Gasteiger partial charge in [0.25, 0.3) is 0 Å². The minimum Gasteiger partial charge on any atom is -0.497 e. The van der Waals surface area contributed by atoms with Gasteiger partial charge in [0.1, 0.15) is 11.5 Å². The molecule has 0 saturated heterocycles. The second-order valence-electron chi connectivity index (χ2n) is 2.73. The van der Waals surface area contributed by atoms with E-state index in [2.05, 4.69) is 18.1 Å². The normalized spacial score (nSPS) is 9.00. The Morgan fingerprint density at radius 1 is 1.27 bits per heavy atom. The third-order valence-corrected chi connectivity index (χ3v) is 2.34. The molecule has 1 aromatic rings. The molecule has 0 N–H and O–H groups in total. The van der Waals surface area contributed by atoms with Crippen LogP contribution in [0.3, 0.4) is 0 Å². The van der Waals surface area contributed by atoms with Gasteiger partial charge in [-0.1, -0.05) is 24.6 Å². The first-order chi connectivity index (χ1) is 7.31. The summed E-state index contributed by atoms with van der Waals surface area (Å²) in [4.78, 5) is 0. The van der Waals surface area contributed by atoms with Crippen LogP contribution in [-0.2, 0) is 0 Å². The van der Waals surface area contributed by atoms with Gasteiger partial charge < -0.3 is 9.47 Å². The molecule has 0 aliphatic rings. The molecule has 0 heterocycles. The van der Waals surface area contributed by atoms with Gasteiger partial charge >= 0.3 is 0 Å². The molecule has 1 rings (SSSR count). The van der Waals surface area contributed by atoms with Gasteiger partial charge in [-0.15, -0.1) is 0 Å². The molecule has 0 aliphatic heterocycles. The Labute approximate surface area is 95.0 Å². The van der Waals surface area contributed by atoms with E-state index in [0.29, 0.717) is 0 Å². The molecule has 0 aromatic heterocycles. The molecule has 0 unspecified atom stereocenters. The van der Waals surface area contributed by atoms with Crippen LogP contribution in [0.15, 0.2) is 18.2 Å². The van der Waals surface area contributed by atoms with Crippen molar-refractivity contribution in [1.29, 1.82) is 0 Å². The van der Waals surface area contributed by atoms with Crippen molar-refractivity contribution >= 4 is 11.8 Å².